The minimum Gasteiger partial charge on any atom is -0.264 e. The van der Waals surface area contributed by atoms with Crippen LogP contribution in [0.1, 0.15) is 0 Å². The van der Waals surface area contributed by atoms with Gasteiger partial charge in [-0.1, -0.05) is 12.1 Å². The molecule has 0 bridgehead atoms. The van der Waals surface area contributed by atoms with Crippen LogP contribution in [0.25, 0.3) is 0 Å². The standard InChI is InChI=1S/C7H6IO3S/c1-11-12(9,10)7-5-3-2-4-6(7)8/h2-5H,1H2. The van der Waals surface area contributed by atoms with Crippen LogP contribution in [0.4, 0.5) is 0 Å². The fourth-order valence-electron chi connectivity index (χ4n) is 0.711. The highest BCUT2D eigenvalue weighted by Gasteiger charge is 2.15. The maximum absolute atomic E-state index is 11.1. The van der Waals surface area contributed by atoms with Gasteiger partial charge < -0.3 is 0 Å². The highest BCUT2D eigenvalue weighted by Crippen LogP contribution is 2.18. The van der Waals surface area contributed by atoms with Gasteiger partial charge in [0.05, 0.1) is 7.11 Å². The normalized spacial score (nSPS) is 11.5. The molecule has 0 aliphatic rings. The molecule has 0 spiro atoms. The molecule has 0 saturated heterocycles. The van der Waals surface area contributed by atoms with Gasteiger partial charge in [-0.3, -0.25) is 4.18 Å². The van der Waals surface area contributed by atoms with E-state index in [1.54, 1.807) is 18.2 Å². The van der Waals surface area contributed by atoms with Crippen LogP contribution in [0.3, 0.4) is 0 Å². The van der Waals surface area contributed by atoms with Crippen molar-refractivity contribution in [3.63, 3.8) is 0 Å². The Labute approximate surface area is 85.0 Å². The van der Waals surface area contributed by atoms with E-state index < -0.39 is 10.1 Å². The van der Waals surface area contributed by atoms with E-state index in [1.807, 2.05) is 22.6 Å². The summed E-state index contributed by atoms with van der Waals surface area (Å²) in [7, 11) is -0.764. The van der Waals surface area contributed by atoms with Crippen molar-refractivity contribution < 1.29 is 12.6 Å². The molecule has 1 aromatic carbocycles. The van der Waals surface area contributed by atoms with Crippen LogP contribution in [-0.4, -0.2) is 8.42 Å². The first kappa shape index (κ1) is 9.94. The second-order valence-corrected chi connectivity index (χ2v) is 4.75. The summed E-state index contributed by atoms with van der Waals surface area (Å²) >= 11 is 1.92. The van der Waals surface area contributed by atoms with Gasteiger partial charge in [0.25, 0.3) is 10.1 Å². The molecule has 1 aromatic rings. The molecule has 0 aromatic heterocycles. The first-order chi connectivity index (χ1) is 5.58. The third-order valence-corrected chi connectivity index (χ3v) is 3.77. The largest absolute Gasteiger partial charge is 0.298 e. The Balaban J connectivity index is 3.30. The summed E-state index contributed by atoms with van der Waals surface area (Å²) in [5, 5.41) is 0. The molecule has 0 atom stereocenters. The van der Waals surface area contributed by atoms with Crippen molar-refractivity contribution in [2.45, 2.75) is 4.90 Å². The highest BCUT2D eigenvalue weighted by atomic mass is 127. The zero-order valence-electron chi connectivity index (χ0n) is 6.03. The van der Waals surface area contributed by atoms with Gasteiger partial charge >= 0.3 is 0 Å². The molecule has 0 saturated carbocycles. The van der Waals surface area contributed by atoms with E-state index in [4.69, 9.17) is 0 Å². The molecule has 1 radical (unpaired) electrons. The van der Waals surface area contributed by atoms with Crippen molar-refractivity contribution in [3.8, 4) is 0 Å². The third-order valence-electron chi connectivity index (χ3n) is 1.26. The molecule has 3 nitrogen and oxygen atoms in total. The topological polar surface area (TPSA) is 43.4 Å². The van der Waals surface area contributed by atoms with Gasteiger partial charge in [-0.25, -0.2) is 0 Å². The summed E-state index contributed by atoms with van der Waals surface area (Å²) < 4.78 is 27.0. The molecule has 0 aliphatic heterocycles. The van der Waals surface area contributed by atoms with E-state index in [1.165, 1.54) is 6.07 Å². The van der Waals surface area contributed by atoms with Crippen molar-refractivity contribution in [1.29, 1.82) is 0 Å². The Morgan fingerprint density at radius 3 is 2.42 bits per heavy atom. The molecule has 0 fully saturated rings. The Morgan fingerprint density at radius 2 is 1.92 bits per heavy atom. The van der Waals surface area contributed by atoms with E-state index in [2.05, 4.69) is 11.3 Å². The fraction of sp³-hybridized carbons (Fsp3) is 0. The van der Waals surface area contributed by atoms with E-state index in [-0.39, 0.29) is 4.90 Å². The molecule has 0 N–H and O–H groups in total. The summed E-state index contributed by atoms with van der Waals surface area (Å²) in [5.74, 6) is 0. The van der Waals surface area contributed by atoms with Gasteiger partial charge in [0, 0.05) is 3.57 Å². The molecule has 0 unspecified atom stereocenters. The summed E-state index contributed by atoms with van der Waals surface area (Å²) in [6, 6.07) is 6.55. The lowest BCUT2D eigenvalue weighted by molar-refractivity contribution is 0.437. The first-order valence-electron chi connectivity index (χ1n) is 3.01. The summed E-state index contributed by atoms with van der Waals surface area (Å²) in [6.07, 6.45) is 0. The maximum Gasteiger partial charge on any atom is 0.298 e. The van der Waals surface area contributed by atoms with Gasteiger partial charge in [0.1, 0.15) is 4.90 Å². The van der Waals surface area contributed by atoms with Crippen molar-refractivity contribution >= 4 is 32.7 Å². The Hall–Kier alpha value is -0.140. The van der Waals surface area contributed by atoms with Gasteiger partial charge in [-0.05, 0) is 34.7 Å². The molecule has 0 heterocycles. The number of hydrogen-bond donors (Lipinski definition) is 0. The Bertz CT molecular complexity index is 372. The second-order valence-electron chi connectivity index (χ2n) is 2.00. The maximum atomic E-state index is 11.1. The summed E-state index contributed by atoms with van der Waals surface area (Å²) in [5.41, 5.74) is 0. The lowest BCUT2D eigenvalue weighted by Crippen LogP contribution is -2.03. The van der Waals surface area contributed by atoms with Crippen LogP contribution < -0.4 is 0 Å². The van der Waals surface area contributed by atoms with Gasteiger partial charge in [-0.2, -0.15) is 8.42 Å². The van der Waals surface area contributed by atoms with Crippen molar-refractivity contribution in [1.82, 2.24) is 0 Å². The average Bonchev–Trinajstić information content (AvgIpc) is 2.05. The number of halogens is 1. The quantitative estimate of drug-likeness (QED) is 0.617. The molecule has 0 amide bonds. The monoisotopic (exact) mass is 297 g/mol. The third kappa shape index (κ3) is 1.96. The predicted octanol–water partition coefficient (Wildman–Crippen LogP) is 1.79. The minimum absolute atomic E-state index is 0.153. The van der Waals surface area contributed by atoms with Crippen LogP contribution in [0, 0.1) is 10.7 Å². The zero-order valence-corrected chi connectivity index (χ0v) is 9.00. The van der Waals surface area contributed by atoms with Gasteiger partial charge in [-0.15, -0.1) is 0 Å². The molecular weight excluding hydrogens is 291 g/mol. The molecule has 1 rings (SSSR count). The molecule has 65 valence electrons. The fourth-order valence-corrected chi connectivity index (χ4v) is 2.59. The summed E-state index contributed by atoms with van der Waals surface area (Å²) in [6.45, 7) is 0. The molecule has 0 aliphatic carbocycles. The number of hydrogen-bond acceptors (Lipinski definition) is 3. The first-order valence-corrected chi connectivity index (χ1v) is 5.50. The highest BCUT2D eigenvalue weighted by molar-refractivity contribution is 14.1. The molecule has 12 heavy (non-hydrogen) atoms. The zero-order chi connectivity index (χ0) is 9.19. The van der Waals surface area contributed by atoms with Crippen LogP contribution >= 0.6 is 22.6 Å². The van der Waals surface area contributed by atoms with Crippen molar-refractivity contribution in [2.24, 2.45) is 0 Å². The van der Waals surface area contributed by atoms with E-state index >= 15 is 0 Å². The Kier molecular flexibility index (Phi) is 3.08. The smallest absolute Gasteiger partial charge is 0.264 e. The molecular formula is C7H6IO3S. The summed E-state index contributed by atoms with van der Waals surface area (Å²) in [4.78, 5) is 0.153. The number of rotatable bonds is 2. The lowest BCUT2D eigenvalue weighted by Gasteiger charge is -2.01. The van der Waals surface area contributed by atoms with Crippen LogP contribution in [0.5, 0.6) is 0 Å². The van der Waals surface area contributed by atoms with Crippen LogP contribution in [0.15, 0.2) is 29.2 Å². The minimum atomic E-state index is -3.65. The predicted molar refractivity (Wildman–Crippen MR) is 52.8 cm³/mol. The van der Waals surface area contributed by atoms with E-state index in [0.29, 0.717) is 3.57 Å². The van der Waals surface area contributed by atoms with Gasteiger partial charge in [0.2, 0.25) is 0 Å². The van der Waals surface area contributed by atoms with Crippen LogP contribution in [-0.2, 0) is 14.3 Å². The average molecular weight is 297 g/mol. The SMILES string of the molecule is [CH2]OS(=O)(=O)c1ccccc1I. The van der Waals surface area contributed by atoms with E-state index in [9.17, 15) is 8.42 Å². The molecule has 5 heteroatoms. The van der Waals surface area contributed by atoms with Crippen molar-refractivity contribution in [3.05, 3.63) is 34.9 Å². The number of benzene rings is 1. The second kappa shape index (κ2) is 3.71. The van der Waals surface area contributed by atoms with E-state index in [0.717, 1.165) is 0 Å². The Morgan fingerprint density at radius 1 is 1.33 bits per heavy atom. The van der Waals surface area contributed by atoms with Crippen LogP contribution in [0.2, 0.25) is 0 Å². The van der Waals surface area contributed by atoms with Gasteiger partial charge in [0.15, 0.2) is 0 Å². The van der Waals surface area contributed by atoms with Crippen molar-refractivity contribution in [2.75, 3.05) is 0 Å². The lowest BCUT2D eigenvalue weighted by atomic mass is 10.4.